The summed E-state index contributed by atoms with van der Waals surface area (Å²) in [5.41, 5.74) is 2.14. The van der Waals surface area contributed by atoms with Gasteiger partial charge in [-0.1, -0.05) is 0 Å². The number of nitrogens with two attached hydrogens (primary N) is 1. The van der Waals surface area contributed by atoms with Gasteiger partial charge in [0.1, 0.15) is 12.2 Å². The summed E-state index contributed by atoms with van der Waals surface area (Å²) < 4.78 is 0. The van der Waals surface area contributed by atoms with Gasteiger partial charge in [-0.25, -0.2) is 0 Å². The van der Waals surface area contributed by atoms with Gasteiger partial charge in [-0.3, -0.25) is 16.1 Å². The molecule has 0 saturated carbocycles. The Morgan fingerprint density at radius 1 is 1.70 bits per heavy atom. The van der Waals surface area contributed by atoms with Gasteiger partial charge in [-0.05, 0) is 6.92 Å². The zero-order valence-electron chi connectivity index (χ0n) is 5.74. The van der Waals surface area contributed by atoms with Crippen molar-refractivity contribution in [3.8, 4) is 0 Å². The van der Waals surface area contributed by atoms with Crippen LogP contribution in [0.15, 0.2) is 0 Å². The van der Waals surface area contributed by atoms with Crippen LogP contribution < -0.4 is 11.3 Å². The molecule has 0 aliphatic heterocycles. The van der Waals surface area contributed by atoms with E-state index >= 15 is 0 Å². The van der Waals surface area contributed by atoms with Crippen molar-refractivity contribution in [2.75, 3.05) is 6.54 Å². The lowest BCUT2D eigenvalue weighted by atomic mass is 10.1. The highest BCUT2D eigenvalue weighted by atomic mass is 16.3. The molecule has 0 bridgehead atoms. The molecule has 0 saturated heterocycles. The topological polar surface area (TPSA) is 95.6 Å². The van der Waals surface area contributed by atoms with Gasteiger partial charge in [-0.2, -0.15) is 0 Å². The van der Waals surface area contributed by atoms with E-state index in [-0.39, 0.29) is 6.54 Å². The van der Waals surface area contributed by atoms with Crippen molar-refractivity contribution < 1.29 is 15.0 Å². The van der Waals surface area contributed by atoms with Crippen LogP contribution in [0.2, 0.25) is 0 Å². The molecule has 60 valence electrons. The Labute approximate surface area is 58.8 Å². The minimum absolute atomic E-state index is 0.000741. The van der Waals surface area contributed by atoms with Gasteiger partial charge in [-0.15, -0.1) is 0 Å². The van der Waals surface area contributed by atoms with E-state index in [9.17, 15) is 4.79 Å². The standard InChI is InChI=1S/C5H12N2O3/c1-3(8)5(10)4(9)2-7-6/h4-5,7,9-10H,2,6H2,1H3/t4?,5-/m1/s1. The van der Waals surface area contributed by atoms with E-state index in [0.717, 1.165) is 0 Å². The van der Waals surface area contributed by atoms with E-state index < -0.39 is 18.0 Å². The molecule has 5 heteroatoms. The van der Waals surface area contributed by atoms with Gasteiger partial charge in [0, 0.05) is 6.54 Å². The van der Waals surface area contributed by atoms with E-state index in [1.807, 2.05) is 0 Å². The molecule has 0 heterocycles. The molecule has 5 nitrogen and oxygen atoms in total. The maximum Gasteiger partial charge on any atom is 0.160 e. The van der Waals surface area contributed by atoms with Crippen LogP contribution in [-0.4, -0.2) is 34.7 Å². The third kappa shape index (κ3) is 2.88. The van der Waals surface area contributed by atoms with Gasteiger partial charge in [0.25, 0.3) is 0 Å². The summed E-state index contributed by atoms with van der Waals surface area (Å²) >= 11 is 0. The molecule has 0 aromatic carbocycles. The third-order valence-corrected chi connectivity index (χ3v) is 1.11. The molecule has 0 aromatic rings. The molecule has 10 heavy (non-hydrogen) atoms. The van der Waals surface area contributed by atoms with E-state index in [1.54, 1.807) is 0 Å². The first-order valence-corrected chi connectivity index (χ1v) is 2.89. The number of hydrazine groups is 1. The van der Waals surface area contributed by atoms with E-state index in [0.29, 0.717) is 0 Å². The zero-order chi connectivity index (χ0) is 8.15. The summed E-state index contributed by atoms with van der Waals surface area (Å²) in [5, 5.41) is 17.7. The lowest BCUT2D eigenvalue weighted by molar-refractivity contribution is -0.130. The van der Waals surface area contributed by atoms with Gasteiger partial charge in [0.2, 0.25) is 0 Å². The smallest absolute Gasteiger partial charge is 0.160 e. The van der Waals surface area contributed by atoms with Gasteiger partial charge >= 0.3 is 0 Å². The molecule has 0 amide bonds. The fraction of sp³-hybridized carbons (Fsp3) is 0.800. The highest BCUT2D eigenvalue weighted by molar-refractivity contribution is 5.80. The number of hydrogen-bond donors (Lipinski definition) is 4. The van der Waals surface area contributed by atoms with Crippen molar-refractivity contribution in [3.63, 3.8) is 0 Å². The molecule has 0 aromatic heterocycles. The van der Waals surface area contributed by atoms with Crippen LogP contribution in [0, 0.1) is 0 Å². The number of rotatable bonds is 4. The summed E-state index contributed by atoms with van der Waals surface area (Å²) in [6.45, 7) is 1.20. The number of aliphatic hydroxyl groups excluding tert-OH is 2. The number of nitrogens with one attached hydrogen (secondary N) is 1. The Hall–Kier alpha value is -0.490. The summed E-state index contributed by atoms with van der Waals surface area (Å²) in [6, 6.07) is 0. The molecule has 5 N–H and O–H groups in total. The number of hydrogen-bond acceptors (Lipinski definition) is 5. The predicted molar refractivity (Wildman–Crippen MR) is 34.9 cm³/mol. The molecular formula is C5H12N2O3. The molecule has 0 rings (SSSR count). The fourth-order valence-electron chi connectivity index (χ4n) is 0.503. The normalized spacial score (nSPS) is 16.4. The average Bonchev–Trinajstić information content (AvgIpc) is 1.87. The third-order valence-electron chi connectivity index (χ3n) is 1.11. The largest absolute Gasteiger partial charge is 0.389 e. The monoisotopic (exact) mass is 148 g/mol. The summed E-state index contributed by atoms with van der Waals surface area (Å²) in [7, 11) is 0. The Kier molecular flexibility index (Phi) is 4.13. The van der Waals surface area contributed by atoms with Crippen molar-refractivity contribution in [1.82, 2.24) is 5.43 Å². The second kappa shape index (κ2) is 4.35. The van der Waals surface area contributed by atoms with E-state index in [4.69, 9.17) is 16.1 Å². The van der Waals surface area contributed by atoms with Gasteiger partial charge in [0.15, 0.2) is 5.78 Å². The van der Waals surface area contributed by atoms with Crippen LogP contribution in [0.25, 0.3) is 0 Å². The highest BCUT2D eigenvalue weighted by Crippen LogP contribution is 1.92. The maximum atomic E-state index is 10.4. The number of Topliss-reactive ketones (excluding diaryl/α,β-unsaturated/α-hetero) is 1. The number of carbonyl (C=O) groups is 1. The van der Waals surface area contributed by atoms with Crippen LogP contribution in [-0.2, 0) is 4.79 Å². The van der Waals surface area contributed by atoms with Crippen LogP contribution in [0.5, 0.6) is 0 Å². The zero-order valence-corrected chi connectivity index (χ0v) is 5.74. The van der Waals surface area contributed by atoms with Crippen molar-refractivity contribution in [1.29, 1.82) is 0 Å². The highest BCUT2D eigenvalue weighted by Gasteiger charge is 2.19. The molecule has 0 spiro atoms. The van der Waals surface area contributed by atoms with Gasteiger partial charge in [0.05, 0.1) is 0 Å². The van der Waals surface area contributed by atoms with Crippen LogP contribution in [0.1, 0.15) is 6.92 Å². The molecule has 2 atom stereocenters. The minimum atomic E-state index is -1.34. The average molecular weight is 148 g/mol. The lowest BCUT2D eigenvalue weighted by Gasteiger charge is -2.13. The van der Waals surface area contributed by atoms with Crippen LogP contribution in [0.3, 0.4) is 0 Å². The summed E-state index contributed by atoms with van der Waals surface area (Å²) in [4.78, 5) is 10.4. The van der Waals surface area contributed by atoms with Gasteiger partial charge < -0.3 is 10.2 Å². The Bertz CT molecular complexity index is 117. The van der Waals surface area contributed by atoms with Crippen molar-refractivity contribution in [2.45, 2.75) is 19.1 Å². The first kappa shape index (κ1) is 9.51. The quantitative estimate of drug-likeness (QED) is 0.267. The van der Waals surface area contributed by atoms with Crippen molar-refractivity contribution >= 4 is 5.78 Å². The van der Waals surface area contributed by atoms with E-state index in [1.165, 1.54) is 6.92 Å². The number of ketones is 1. The second-order valence-corrected chi connectivity index (χ2v) is 2.03. The lowest BCUT2D eigenvalue weighted by Crippen LogP contribution is -2.42. The van der Waals surface area contributed by atoms with Crippen LogP contribution >= 0.6 is 0 Å². The molecule has 0 aliphatic rings. The van der Waals surface area contributed by atoms with E-state index in [2.05, 4.69) is 5.43 Å². The maximum absolute atomic E-state index is 10.4. The Morgan fingerprint density at radius 3 is 2.50 bits per heavy atom. The first-order valence-electron chi connectivity index (χ1n) is 2.89. The Morgan fingerprint density at radius 2 is 2.20 bits per heavy atom. The minimum Gasteiger partial charge on any atom is -0.389 e. The molecule has 0 fully saturated rings. The first-order chi connectivity index (χ1) is 4.59. The SMILES string of the molecule is CC(=O)[C@@H](O)C(O)CNN. The van der Waals surface area contributed by atoms with Crippen molar-refractivity contribution in [3.05, 3.63) is 0 Å². The molecular weight excluding hydrogens is 136 g/mol. The van der Waals surface area contributed by atoms with Crippen LogP contribution in [0.4, 0.5) is 0 Å². The molecule has 1 unspecified atom stereocenters. The predicted octanol–water partition coefficient (Wildman–Crippen LogP) is -2.24. The Balaban J connectivity index is 3.69. The summed E-state index contributed by atoms with van der Waals surface area (Å²) in [6.07, 6.45) is -2.46. The number of aliphatic hydroxyl groups is 2. The van der Waals surface area contributed by atoms with Crippen molar-refractivity contribution in [2.24, 2.45) is 5.84 Å². The fourth-order valence-corrected chi connectivity index (χ4v) is 0.503. The number of carbonyl (C=O) groups excluding carboxylic acids is 1. The molecule has 0 aliphatic carbocycles. The summed E-state index contributed by atoms with van der Waals surface area (Å²) in [5.74, 6) is 4.37. The second-order valence-electron chi connectivity index (χ2n) is 2.03. The molecule has 0 radical (unpaired) electrons.